The van der Waals surface area contributed by atoms with E-state index in [1.165, 1.54) is 6.92 Å². The Hall–Kier alpha value is -1.55. The van der Waals surface area contributed by atoms with E-state index in [0.717, 1.165) is 11.1 Å². The zero-order chi connectivity index (χ0) is 17.5. The van der Waals surface area contributed by atoms with Gasteiger partial charge in [-0.15, -0.1) is 0 Å². The standard InChI is InChI=1S/C19H21Cl2NO2/c1-13(23)22-12-16(15-7-8-18(20)19(21)11-15)10-17(24)9-14-5-3-2-4-6-14/h2-8,11,16-17,24H,9-10,12H2,1H3,(H,22,23). The van der Waals surface area contributed by atoms with Crippen LogP contribution in [0.25, 0.3) is 0 Å². The fourth-order valence-electron chi connectivity index (χ4n) is 2.67. The largest absolute Gasteiger partial charge is 0.393 e. The van der Waals surface area contributed by atoms with Crippen molar-refractivity contribution >= 4 is 29.1 Å². The number of amides is 1. The molecule has 0 aromatic heterocycles. The third-order valence-electron chi connectivity index (χ3n) is 3.88. The number of nitrogens with one attached hydrogen (secondary N) is 1. The maximum atomic E-state index is 11.3. The fraction of sp³-hybridized carbons (Fsp3) is 0.316. The summed E-state index contributed by atoms with van der Waals surface area (Å²) in [6.07, 6.45) is 0.576. The normalized spacial score (nSPS) is 13.3. The number of hydrogen-bond acceptors (Lipinski definition) is 2. The molecule has 1 amide bonds. The van der Waals surface area contributed by atoms with Crippen molar-refractivity contribution in [3.63, 3.8) is 0 Å². The number of carbonyl (C=O) groups excluding carboxylic acids is 1. The minimum Gasteiger partial charge on any atom is -0.393 e. The molecule has 0 aliphatic heterocycles. The number of aliphatic hydroxyl groups excluding tert-OH is 1. The molecule has 0 aliphatic rings. The van der Waals surface area contributed by atoms with Crippen molar-refractivity contribution in [1.82, 2.24) is 5.32 Å². The average Bonchev–Trinajstić information content (AvgIpc) is 2.55. The first-order valence-corrected chi connectivity index (χ1v) is 8.62. The molecule has 0 radical (unpaired) electrons. The van der Waals surface area contributed by atoms with Crippen LogP contribution in [0.1, 0.15) is 30.4 Å². The van der Waals surface area contributed by atoms with Crippen molar-refractivity contribution in [3.8, 4) is 0 Å². The Morgan fingerprint density at radius 3 is 2.46 bits per heavy atom. The molecule has 3 nitrogen and oxygen atoms in total. The molecule has 2 rings (SSSR count). The number of halogens is 2. The molecule has 2 N–H and O–H groups in total. The van der Waals surface area contributed by atoms with Crippen LogP contribution in [0.5, 0.6) is 0 Å². The van der Waals surface area contributed by atoms with E-state index in [4.69, 9.17) is 23.2 Å². The smallest absolute Gasteiger partial charge is 0.216 e. The molecule has 2 unspecified atom stereocenters. The van der Waals surface area contributed by atoms with Gasteiger partial charge in [-0.2, -0.15) is 0 Å². The van der Waals surface area contributed by atoms with Gasteiger partial charge in [0.2, 0.25) is 5.91 Å². The molecule has 128 valence electrons. The number of benzene rings is 2. The molecule has 2 atom stereocenters. The first-order valence-electron chi connectivity index (χ1n) is 7.87. The molecule has 0 bridgehead atoms. The molecule has 0 saturated heterocycles. The van der Waals surface area contributed by atoms with E-state index in [1.54, 1.807) is 12.1 Å². The van der Waals surface area contributed by atoms with Crippen molar-refractivity contribution in [2.24, 2.45) is 0 Å². The summed E-state index contributed by atoms with van der Waals surface area (Å²) in [6, 6.07) is 15.3. The predicted molar refractivity (Wildman–Crippen MR) is 98.7 cm³/mol. The summed E-state index contributed by atoms with van der Waals surface area (Å²) in [5, 5.41) is 14.2. The van der Waals surface area contributed by atoms with Gasteiger partial charge < -0.3 is 10.4 Å². The van der Waals surface area contributed by atoms with Crippen molar-refractivity contribution < 1.29 is 9.90 Å². The molecule has 0 aliphatic carbocycles. The van der Waals surface area contributed by atoms with Crippen LogP contribution < -0.4 is 5.32 Å². The summed E-state index contributed by atoms with van der Waals surface area (Å²) < 4.78 is 0. The molecule has 0 saturated carbocycles. The summed E-state index contributed by atoms with van der Waals surface area (Å²) in [5.41, 5.74) is 2.03. The highest BCUT2D eigenvalue weighted by Gasteiger charge is 2.18. The van der Waals surface area contributed by atoms with Crippen molar-refractivity contribution in [1.29, 1.82) is 0 Å². The second kappa shape index (κ2) is 9.07. The van der Waals surface area contributed by atoms with Crippen molar-refractivity contribution in [2.75, 3.05) is 6.54 Å². The summed E-state index contributed by atoms with van der Waals surface area (Å²) in [4.78, 5) is 11.3. The monoisotopic (exact) mass is 365 g/mol. The lowest BCUT2D eigenvalue weighted by molar-refractivity contribution is -0.119. The quantitative estimate of drug-likeness (QED) is 0.771. The van der Waals surface area contributed by atoms with Crippen LogP contribution in [0, 0.1) is 0 Å². The molecular formula is C19H21Cl2NO2. The van der Waals surface area contributed by atoms with E-state index in [2.05, 4.69) is 5.32 Å². The highest BCUT2D eigenvalue weighted by atomic mass is 35.5. The lowest BCUT2D eigenvalue weighted by Gasteiger charge is -2.21. The van der Waals surface area contributed by atoms with Gasteiger partial charge in [0.05, 0.1) is 16.1 Å². The Balaban J connectivity index is 2.10. The predicted octanol–water partition coefficient (Wildman–Crippen LogP) is 4.21. The third-order valence-corrected chi connectivity index (χ3v) is 4.62. The summed E-state index contributed by atoms with van der Waals surface area (Å²) >= 11 is 12.1. The third kappa shape index (κ3) is 5.82. The van der Waals surface area contributed by atoms with Crippen LogP contribution >= 0.6 is 23.2 Å². The van der Waals surface area contributed by atoms with Crippen LogP contribution in [0.3, 0.4) is 0 Å². The number of rotatable bonds is 7. The first-order chi connectivity index (χ1) is 11.5. The van der Waals surface area contributed by atoms with Crippen molar-refractivity contribution in [3.05, 3.63) is 69.7 Å². The van der Waals surface area contributed by atoms with Gasteiger partial charge in [-0.1, -0.05) is 59.6 Å². The molecular weight excluding hydrogens is 345 g/mol. The van der Waals surface area contributed by atoms with E-state index >= 15 is 0 Å². The zero-order valence-electron chi connectivity index (χ0n) is 13.5. The van der Waals surface area contributed by atoms with Gasteiger partial charge >= 0.3 is 0 Å². The highest BCUT2D eigenvalue weighted by molar-refractivity contribution is 6.42. The van der Waals surface area contributed by atoms with E-state index in [0.29, 0.717) is 29.4 Å². The topological polar surface area (TPSA) is 49.3 Å². The summed E-state index contributed by atoms with van der Waals surface area (Å²) in [7, 11) is 0. The fourth-order valence-corrected chi connectivity index (χ4v) is 2.97. The Bertz CT molecular complexity index is 676. The van der Waals surface area contributed by atoms with Gasteiger partial charge in [-0.25, -0.2) is 0 Å². The molecule has 0 spiro atoms. The Morgan fingerprint density at radius 2 is 1.83 bits per heavy atom. The Kier molecular flexibility index (Phi) is 7.10. The maximum absolute atomic E-state index is 11.3. The van der Waals surface area contributed by atoms with Crippen LogP contribution in [0.2, 0.25) is 10.0 Å². The summed E-state index contributed by atoms with van der Waals surface area (Å²) in [6.45, 7) is 1.92. The molecule has 0 heterocycles. The minimum absolute atomic E-state index is 0.0395. The van der Waals surface area contributed by atoms with Gasteiger partial charge in [-0.05, 0) is 36.1 Å². The van der Waals surface area contributed by atoms with Crippen LogP contribution in [0.15, 0.2) is 48.5 Å². The summed E-state index contributed by atoms with van der Waals surface area (Å²) in [5.74, 6) is -0.139. The van der Waals surface area contributed by atoms with E-state index < -0.39 is 6.10 Å². The molecule has 2 aromatic carbocycles. The lowest BCUT2D eigenvalue weighted by Crippen LogP contribution is -2.28. The Morgan fingerprint density at radius 1 is 1.12 bits per heavy atom. The second-order valence-corrected chi connectivity index (χ2v) is 6.70. The first kappa shape index (κ1) is 18.8. The van der Waals surface area contributed by atoms with E-state index in [-0.39, 0.29) is 11.8 Å². The van der Waals surface area contributed by atoms with Crippen molar-refractivity contribution in [2.45, 2.75) is 31.8 Å². The minimum atomic E-state index is -0.513. The number of carbonyl (C=O) groups is 1. The molecule has 5 heteroatoms. The van der Waals surface area contributed by atoms with E-state index in [1.807, 2.05) is 36.4 Å². The lowest BCUT2D eigenvalue weighted by atomic mass is 9.90. The maximum Gasteiger partial charge on any atom is 0.216 e. The average molecular weight is 366 g/mol. The van der Waals surface area contributed by atoms with Crippen LogP contribution in [0.4, 0.5) is 0 Å². The van der Waals surface area contributed by atoms with Crippen LogP contribution in [-0.2, 0) is 11.2 Å². The molecule has 24 heavy (non-hydrogen) atoms. The van der Waals surface area contributed by atoms with Gasteiger partial charge in [0.1, 0.15) is 0 Å². The molecule has 2 aromatic rings. The zero-order valence-corrected chi connectivity index (χ0v) is 15.0. The number of aliphatic hydroxyl groups is 1. The van der Waals surface area contributed by atoms with E-state index in [9.17, 15) is 9.90 Å². The van der Waals surface area contributed by atoms with Gasteiger partial charge in [0, 0.05) is 19.4 Å². The highest BCUT2D eigenvalue weighted by Crippen LogP contribution is 2.29. The second-order valence-electron chi connectivity index (χ2n) is 5.89. The Labute approximate surface area is 152 Å². The SMILES string of the molecule is CC(=O)NCC(CC(O)Cc1ccccc1)c1ccc(Cl)c(Cl)c1. The van der Waals surface area contributed by atoms with Gasteiger partial charge in [0.15, 0.2) is 0 Å². The van der Waals surface area contributed by atoms with Gasteiger partial charge in [-0.3, -0.25) is 4.79 Å². The van der Waals surface area contributed by atoms with Crippen LogP contribution in [-0.4, -0.2) is 23.7 Å². The van der Waals surface area contributed by atoms with Gasteiger partial charge in [0.25, 0.3) is 0 Å². The molecule has 0 fully saturated rings. The number of hydrogen-bond donors (Lipinski definition) is 2.